The molecule has 0 aliphatic carbocycles. The predicted octanol–water partition coefficient (Wildman–Crippen LogP) is 2.17. The lowest BCUT2D eigenvalue weighted by Crippen LogP contribution is -2.26. The normalized spacial score (nSPS) is 16.5. The Labute approximate surface area is 105 Å². The fourth-order valence-corrected chi connectivity index (χ4v) is 1.71. The Morgan fingerprint density at radius 2 is 2.11 bits per heavy atom. The van der Waals surface area contributed by atoms with Crippen molar-refractivity contribution in [2.24, 2.45) is 0 Å². The van der Waals surface area contributed by atoms with Crippen LogP contribution in [0.1, 0.15) is 23.2 Å². The second-order valence-corrected chi connectivity index (χ2v) is 4.00. The number of aldehydes is 1. The van der Waals surface area contributed by atoms with Gasteiger partial charge in [-0.25, -0.2) is 4.39 Å². The fourth-order valence-electron chi connectivity index (χ4n) is 1.71. The first-order valence-corrected chi connectivity index (χ1v) is 5.90. The summed E-state index contributed by atoms with van der Waals surface area (Å²) in [6.07, 6.45) is 1.82. The molecule has 0 radical (unpaired) electrons. The zero-order chi connectivity index (χ0) is 12.8. The topological polar surface area (TPSA) is 44.8 Å². The van der Waals surface area contributed by atoms with Crippen molar-refractivity contribution >= 4 is 6.29 Å². The predicted molar refractivity (Wildman–Crippen MR) is 62.2 cm³/mol. The Hall–Kier alpha value is -1.46. The van der Waals surface area contributed by atoms with Gasteiger partial charge in [-0.05, 0) is 18.6 Å². The van der Waals surface area contributed by atoms with Crippen molar-refractivity contribution in [3.05, 3.63) is 29.6 Å². The summed E-state index contributed by atoms with van der Waals surface area (Å²) in [5, 5.41) is 0. The Morgan fingerprint density at radius 1 is 1.33 bits per heavy atom. The van der Waals surface area contributed by atoms with Crippen molar-refractivity contribution < 1.29 is 23.4 Å². The zero-order valence-electron chi connectivity index (χ0n) is 9.93. The Balaban J connectivity index is 1.82. The standard InChI is InChI=1S/C13H15FO4/c14-11-6-10(9-15)7-12(8-11)16-5-2-13-17-3-1-4-18-13/h6-9,13H,1-5H2. The van der Waals surface area contributed by atoms with Crippen molar-refractivity contribution in [3.63, 3.8) is 0 Å². The first kappa shape index (κ1) is 13.0. The average molecular weight is 254 g/mol. The van der Waals surface area contributed by atoms with Gasteiger partial charge in [0.15, 0.2) is 6.29 Å². The van der Waals surface area contributed by atoms with Crippen LogP contribution in [0.4, 0.5) is 4.39 Å². The van der Waals surface area contributed by atoms with E-state index in [2.05, 4.69) is 0 Å². The van der Waals surface area contributed by atoms with E-state index in [4.69, 9.17) is 14.2 Å². The minimum atomic E-state index is -0.486. The Kier molecular flexibility index (Phi) is 4.66. The lowest BCUT2D eigenvalue weighted by Gasteiger charge is -2.23. The van der Waals surface area contributed by atoms with Crippen LogP contribution in [0.15, 0.2) is 18.2 Å². The van der Waals surface area contributed by atoms with Crippen LogP contribution in [-0.4, -0.2) is 32.4 Å². The first-order valence-electron chi connectivity index (χ1n) is 5.90. The van der Waals surface area contributed by atoms with E-state index in [9.17, 15) is 9.18 Å². The third kappa shape index (κ3) is 3.78. The smallest absolute Gasteiger partial charge is 0.160 e. The molecule has 0 saturated carbocycles. The second-order valence-electron chi connectivity index (χ2n) is 4.00. The van der Waals surface area contributed by atoms with Crippen molar-refractivity contribution in [3.8, 4) is 5.75 Å². The van der Waals surface area contributed by atoms with Gasteiger partial charge in [0.1, 0.15) is 17.9 Å². The molecular formula is C13H15FO4. The maximum Gasteiger partial charge on any atom is 0.160 e. The summed E-state index contributed by atoms with van der Waals surface area (Å²) in [6, 6.07) is 3.90. The van der Waals surface area contributed by atoms with Gasteiger partial charge in [-0.3, -0.25) is 4.79 Å². The van der Waals surface area contributed by atoms with Gasteiger partial charge in [-0.1, -0.05) is 0 Å². The van der Waals surface area contributed by atoms with Gasteiger partial charge in [0.2, 0.25) is 0 Å². The molecule has 0 atom stereocenters. The van der Waals surface area contributed by atoms with E-state index in [0.29, 0.717) is 38.3 Å². The van der Waals surface area contributed by atoms with Gasteiger partial charge in [0.25, 0.3) is 0 Å². The molecule has 1 saturated heterocycles. The molecule has 0 spiro atoms. The van der Waals surface area contributed by atoms with E-state index in [1.54, 1.807) is 0 Å². The highest BCUT2D eigenvalue weighted by molar-refractivity contribution is 5.75. The number of hydrogen-bond donors (Lipinski definition) is 0. The molecule has 1 heterocycles. The minimum Gasteiger partial charge on any atom is -0.493 e. The molecule has 0 amide bonds. The number of carbonyl (C=O) groups excluding carboxylic acids is 1. The highest BCUT2D eigenvalue weighted by Gasteiger charge is 2.14. The van der Waals surface area contributed by atoms with Crippen LogP contribution in [0.3, 0.4) is 0 Å². The highest BCUT2D eigenvalue weighted by atomic mass is 19.1. The molecule has 4 nitrogen and oxygen atoms in total. The average Bonchev–Trinajstić information content (AvgIpc) is 2.39. The summed E-state index contributed by atoms with van der Waals surface area (Å²) in [5.41, 5.74) is 0.259. The largest absolute Gasteiger partial charge is 0.493 e. The van der Waals surface area contributed by atoms with Crippen LogP contribution in [0, 0.1) is 5.82 Å². The second kappa shape index (κ2) is 6.47. The number of hydrogen-bond acceptors (Lipinski definition) is 4. The lowest BCUT2D eigenvalue weighted by molar-refractivity contribution is -0.183. The van der Waals surface area contributed by atoms with Crippen LogP contribution < -0.4 is 4.74 Å². The molecule has 0 unspecified atom stereocenters. The monoisotopic (exact) mass is 254 g/mol. The summed E-state index contributed by atoms with van der Waals surface area (Å²) < 4.78 is 29.2. The van der Waals surface area contributed by atoms with E-state index in [-0.39, 0.29) is 11.9 Å². The summed E-state index contributed by atoms with van der Waals surface area (Å²) in [6.45, 7) is 1.74. The Morgan fingerprint density at radius 3 is 2.83 bits per heavy atom. The third-order valence-electron chi connectivity index (χ3n) is 2.55. The molecule has 0 N–H and O–H groups in total. The molecule has 0 aromatic heterocycles. The van der Waals surface area contributed by atoms with Gasteiger partial charge in [0, 0.05) is 18.1 Å². The van der Waals surface area contributed by atoms with Crippen LogP contribution in [-0.2, 0) is 9.47 Å². The molecule has 5 heteroatoms. The van der Waals surface area contributed by atoms with Gasteiger partial charge in [-0.15, -0.1) is 0 Å². The molecule has 1 aliphatic rings. The number of halogens is 1. The molecule has 1 aromatic carbocycles. The molecule has 1 fully saturated rings. The molecule has 98 valence electrons. The van der Waals surface area contributed by atoms with Crippen molar-refractivity contribution in [1.82, 2.24) is 0 Å². The highest BCUT2D eigenvalue weighted by Crippen LogP contribution is 2.16. The number of carbonyl (C=O) groups is 1. The lowest BCUT2D eigenvalue weighted by atomic mass is 10.2. The summed E-state index contributed by atoms with van der Waals surface area (Å²) >= 11 is 0. The van der Waals surface area contributed by atoms with Crippen LogP contribution in [0.5, 0.6) is 5.75 Å². The quantitative estimate of drug-likeness (QED) is 0.755. The van der Waals surface area contributed by atoms with Gasteiger partial charge >= 0.3 is 0 Å². The van der Waals surface area contributed by atoms with E-state index in [0.717, 1.165) is 12.5 Å². The SMILES string of the molecule is O=Cc1cc(F)cc(OCCC2OCCCO2)c1. The molecule has 1 aliphatic heterocycles. The zero-order valence-corrected chi connectivity index (χ0v) is 9.93. The van der Waals surface area contributed by atoms with Crippen LogP contribution in [0.25, 0.3) is 0 Å². The molecule has 2 rings (SSSR count). The summed E-state index contributed by atoms with van der Waals surface area (Å²) in [5.74, 6) is -0.146. The van der Waals surface area contributed by atoms with Gasteiger partial charge in [-0.2, -0.15) is 0 Å². The van der Waals surface area contributed by atoms with Gasteiger partial charge < -0.3 is 14.2 Å². The molecular weight excluding hydrogens is 239 g/mol. The number of benzene rings is 1. The van der Waals surface area contributed by atoms with Crippen molar-refractivity contribution in [1.29, 1.82) is 0 Å². The van der Waals surface area contributed by atoms with Crippen molar-refractivity contribution in [2.75, 3.05) is 19.8 Å². The molecule has 18 heavy (non-hydrogen) atoms. The van der Waals surface area contributed by atoms with Crippen molar-refractivity contribution in [2.45, 2.75) is 19.1 Å². The number of ether oxygens (including phenoxy) is 3. The van der Waals surface area contributed by atoms with E-state index in [1.165, 1.54) is 12.1 Å². The third-order valence-corrected chi connectivity index (χ3v) is 2.55. The summed E-state index contributed by atoms with van der Waals surface area (Å²) in [4.78, 5) is 10.6. The minimum absolute atomic E-state index is 0.252. The molecule has 1 aromatic rings. The van der Waals surface area contributed by atoms with Crippen LogP contribution >= 0.6 is 0 Å². The number of rotatable bonds is 5. The van der Waals surface area contributed by atoms with Crippen LogP contribution in [0.2, 0.25) is 0 Å². The van der Waals surface area contributed by atoms with E-state index >= 15 is 0 Å². The van der Waals surface area contributed by atoms with E-state index in [1.807, 2.05) is 0 Å². The summed E-state index contributed by atoms with van der Waals surface area (Å²) in [7, 11) is 0. The maximum absolute atomic E-state index is 13.1. The maximum atomic E-state index is 13.1. The fraction of sp³-hybridized carbons (Fsp3) is 0.462. The Bertz CT molecular complexity index is 402. The van der Waals surface area contributed by atoms with Gasteiger partial charge in [0.05, 0.1) is 19.8 Å². The van der Waals surface area contributed by atoms with E-state index < -0.39 is 5.82 Å². The molecule has 0 bridgehead atoms. The first-order chi connectivity index (χ1) is 8.78.